The lowest BCUT2D eigenvalue weighted by Crippen LogP contribution is -2.35. The SMILES string of the molecule is CCC(C)CN(CC)C(=O)c1cc2ccccc2c(N)n1. The molecule has 0 saturated heterocycles. The molecule has 1 heterocycles. The van der Waals surface area contributed by atoms with Gasteiger partial charge in [-0.25, -0.2) is 4.98 Å². The highest BCUT2D eigenvalue weighted by molar-refractivity contribution is 5.99. The molecular formula is C17H23N3O. The Kier molecular flexibility index (Phi) is 4.78. The second-order valence-corrected chi connectivity index (χ2v) is 5.47. The number of rotatable bonds is 5. The van der Waals surface area contributed by atoms with Crippen LogP contribution in [0.1, 0.15) is 37.7 Å². The maximum absolute atomic E-state index is 12.6. The van der Waals surface area contributed by atoms with Crippen LogP contribution >= 0.6 is 0 Å². The Morgan fingerprint density at radius 3 is 2.71 bits per heavy atom. The van der Waals surface area contributed by atoms with Crippen LogP contribution in [0.15, 0.2) is 30.3 Å². The summed E-state index contributed by atoms with van der Waals surface area (Å²) in [5.41, 5.74) is 6.41. The second-order valence-electron chi connectivity index (χ2n) is 5.47. The zero-order valence-electron chi connectivity index (χ0n) is 13.0. The number of carbonyl (C=O) groups excluding carboxylic acids is 1. The molecule has 1 amide bonds. The van der Waals surface area contributed by atoms with Gasteiger partial charge < -0.3 is 10.6 Å². The maximum atomic E-state index is 12.6. The summed E-state index contributed by atoms with van der Waals surface area (Å²) in [6.07, 6.45) is 1.05. The van der Waals surface area contributed by atoms with E-state index in [9.17, 15) is 4.79 Å². The fourth-order valence-corrected chi connectivity index (χ4v) is 2.36. The number of pyridine rings is 1. The number of hydrogen-bond donors (Lipinski definition) is 1. The molecule has 1 aromatic heterocycles. The number of fused-ring (bicyclic) bond motifs is 1. The van der Waals surface area contributed by atoms with Crippen molar-refractivity contribution in [1.29, 1.82) is 0 Å². The summed E-state index contributed by atoms with van der Waals surface area (Å²) in [5.74, 6) is 0.845. The zero-order valence-corrected chi connectivity index (χ0v) is 13.0. The summed E-state index contributed by atoms with van der Waals surface area (Å²) in [6, 6.07) is 9.56. The molecule has 0 aliphatic heterocycles. The summed E-state index contributed by atoms with van der Waals surface area (Å²) in [7, 11) is 0. The van der Waals surface area contributed by atoms with Crippen molar-refractivity contribution in [3.63, 3.8) is 0 Å². The fraction of sp³-hybridized carbons (Fsp3) is 0.412. The maximum Gasteiger partial charge on any atom is 0.272 e. The van der Waals surface area contributed by atoms with Gasteiger partial charge in [0.2, 0.25) is 0 Å². The predicted octanol–water partition coefficient (Wildman–Crippen LogP) is 3.33. The van der Waals surface area contributed by atoms with E-state index >= 15 is 0 Å². The van der Waals surface area contributed by atoms with Crippen molar-refractivity contribution in [2.75, 3.05) is 18.8 Å². The smallest absolute Gasteiger partial charge is 0.272 e. The van der Waals surface area contributed by atoms with Crippen molar-refractivity contribution < 1.29 is 4.79 Å². The van der Waals surface area contributed by atoms with Gasteiger partial charge in [0.05, 0.1) is 0 Å². The molecule has 2 N–H and O–H groups in total. The first-order chi connectivity index (χ1) is 10.1. The quantitative estimate of drug-likeness (QED) is 0.916. The Morgan fingerprint density at radius 2 is 2.05 bits per heavy atom. The van der Waals surface area contributed by atoms with Crippen molar-refractivity contribution in [3.8, 4) is 0 Å². The summed E-state index contributed by atoms with van der Waals surface area (Å²) >= 11 is 0. The van der Waals surface area contributed by atoms with Crippen molar-refractivity contribution in [2.24, 2.45) is 5.92 Å². The van der Waals surface area contributed by atoms with Crippen LogP contribution in [0.4, 0.5) is 5.82 Å². The number of benzene rings is 1. The summed E-state index contributed by atoms with van der Waals surface area (Å²) < 4.78 is 0. The average Bonchev–Trinajstić information content (AvgIpc) is 2.51. The lowest BCUT2D eigenvalue weighted by Gasteiger charge is -2.24. The van der Waals surface area contributed by atoms with E-state index in [4.69, 9.17) is 5.73 Å². The lowest BCUT2D eigenvalue weighted by atomic mass is 10.1. The van der Waals surface area contributed by atoms with Crippen LogP contribution < -0.4 is 5.73 Å². The molecule has 4 nitrogen and oxygen atoms in total. The van der Waals surface area contributed by atoms with Crippen LogP contribution in [0.25, 0.3) is 10.8 Å². The Balaban J connectivity index is 2.33. The molecule has 0 radical (unpaired) electrons. The Bertz CT molecular complexity index is 639. The van der Waals surface area contributed by atoms with E-state index in [1.165, 1.54) is 0 Å². The van der Waals surface area contributed by atoms with Crippen molar-refractivity contribution in [2.45, 2.75) is 27.2 Å². The third-order valence-corrected chi connectivity index (χ3v) is 3.89. The molecule has 0 saturated carbocycles. The van der Waals surface area contributed by atoms with Crippen LogP contribution in [0, 0.1) is 5.92 Å². The van der Waals surface area contributed by atoms with Crippen LogP contribution in [-0.2, 0) is 0 Å². The molecule has 112 valence electrons. The van der Waals surface area contributed by atoms with Gasteiger partial charge in [0.25, 0.3) is 5.91 Å². The Hall–Kier alpha value is -2.10. The summed E-state index contributed by atoms with van der Waals surface area (Å²) in [6.45, 7) is 7.70. The fourth-order valence-electron chi connectivity index (χ4n) is 2.36. The Labute approximate surface area is 126 Å². The molecule has 0 spiro atoms. The van der Waals surface area contributed by atoms with Crippen LogP contribution in [0.3, 0.4) is 0 Å². The summed E-state index contributed by atoms with van der Waals surface area (Å²) in [5, 5.41) is 1.84. The van der Waals surface area contributed by atoms with E-state index in [-0.39, 0.29) is 5.91 Å². The van der Waals surface area contributed by atoms with Crippen LogP contribution in [-0.4, -0.2) is 28.9 Å². The minimum absolute atomic E-state index is 0.0461. The van der Waals surface area contributed by atoms with Crippen molar-refractivity contribution in [1.82, 2.24) is 9.88 Å². The number of amides is 1. The summed E-state index contributed by atoms with van der Waals surface area (Å²) in [4.78, 5) is 18.8. The third kappa shape index (κ3) is 3.32. The van der Waals surface area contributed by atoms with Gasteiger partial charge in [0, 0.05) is 18.5 Å². The van der Waals surface area contributed by atoms with Gasteiger partial charge in [-0.1, -0.05) is 44.5 Å². The molecular weight excluding hydrogens is 262 g/mol. The highest BCUT2D eigenvalue weighted by Crippen LogP contribution is 2.21. The number of hydrogen-bond acceptors (Lipinski definition) is 3. The molecule has 1 atom stereocenters. The van der Waals surface area contributed by atoms with Gasteiger partial charge in [0.15, 0.2) is 0 Å². The molecule has 1 unspecified atom stereocenters. The van der Waals surface area contributed by atoms with Gasteiger partial charge >= 0.3 is 0 Å². The first-order valence-corrected chi connectivity index (χ1v) is 7.51. The highest BCUT2D eigenvalue weighted by Gasteiger charge is 2.18. The van der Waals surface area contributed by atoms with Gasteiger partial charge in [-0.15, -0.1) is 0 Å². The number of anilines is 1. The molecule has 21 heavy (non-hydrogen) atoms. The van der Waals surface area contributed by atoms with E-state index in [0.717, 1.165) is 23.7 Å². The lowest BCUT2D eigenvalue weighted by molar-refractivity contribution is 0.0735. The largest absolute Gasteiger partial charge is 0.383 e. The number of carbonyl (C=O) groups is 1. The first-order valence-electron chi connectivity index (χ1n) is 7.51. The van der Waals surface area contributed by atoms with Crippen LogP contribution in [0.5, 0.6) is 0 Å². The van der Waals surface area contributed by atoms with E-state index in [0.29, 0.717) is 24.0 Å². The number of nitrogens with zero attached hydrogens (tertiary/aromatic N) is 2. The average molecular weight is 285 g/mol. The number of nitrogens with two attached hydrogens (primary N) is 1. The number of nitrogen functional groups attached to an aromatic ring is 1. The second kappa shape index (κ2) is 6.57. The van der Waals surface area contributed by atoms with Gasteiger partial charge in [-0.05, 0) is 24.3 Å². The van der Waals surface area contributed by atoms with Crippen molar-refractivity contribution >= 4 is 22.5 Å². The minimum Gasteiger partial charge on any atom is -0.383 e. The van der Waals surface area contributed by atoms with Gasteiger partial charge in [-0.2, -0.15) is 0 Å². The zero-order chi connectivity index (χ0) is 15.4. The van der Waals surface area contributed by atoms with Gasteiger partial charge in [0.1, 0.15) is 11.5 Å². The molecule has 1 aromatic carbocycles. The highest BCUT2D eigenvalue weighted by atomic mass is 16.2. The molecule has 2 rings (SSSR count). The minimum atomic E-state index is -0.0461. The molecule has 0 bridgehead atoms. The van der Waals surface area contributed by atoms with Crippen LogP contribution in [0.2, 0.25) is 0 Å². The number of aromatic nitrogens is 1. The van der Waals surface area contributed by atoms with E-state index in [2.05, 4.69) is 18.8 Å². The first kappa shape index (κ1) is 15.3. The third-order valence-electron chi connectivity index (χ3n) is 3.89. The van der Waals surface area contributed by atoms with E-state index in [1.54, 1.807) is 0 Å². The molecule has 4 heteroatoms. The predicted molar refractivity (Wildman–Crippen MR) is 87.2 cm³/mol. The topological polar surface area (TPSA) is 59.2 Å². The van der Waals surface area contributed by atoms with E-state index < -0.39 is 0 Å². The molecule has 0 aliphatic carbocycles. The monoisotopic (exact) mass is 285 g/mol. The Morgan fingerprint density at radius 1 is 1.33 bits per heavy atom. The normalized spacial score (nSPS) is 12.3. The molecule has 0 aliphatic rings. The molecule has 2 aromatic rings. The molecule has 0 fully saturated rings. The standard InChI is InChI=1S/C17H23N3O/c1-4-12(3)11-20(5-2)17(21)15-10-13-8-6-7-9-14(13)16(18)19-15/h6-10,12H,4-5,11H2,1-3H3,(H2,18,19). The van der Waals surface area contributed by atoms with E-state index in [1.807, 2.05) is 42.2 Å². The van der Waals surface area contributed by atoms with Gasteiger partial charge in [-0.3, -0.25) is 4.79 Å². The van der Waals surface area contributed by atoms with Crippen molar-refractivity contribution in [3.05, 3.63) is 36.0 Å².